The molecule has 0 spiro atoms. The summed E-state index contributed by atoms with van der Waals surface area (Å²) >= 11 is 0. The molecule has 9 N–H and O–H groups in total. The zero-order valence-electron chi connectivity index (χ0n) is 38.5. The number of hydrogen-bond donors (Lipinski definition) is 9. The Bertz CT molecular complexity index is 1810. The SMILES string of the molecule is C[C@@H]1O[C@@H](O[C@H]2[C@H](O)[C@@H](C(=O)O)O[C@@H](O[C@H]3CC[C@@]4(C)[C@H](CC[C@]5(C)[C@@H]4CC=C4[C@H]6CC(C)(C)CC[C@]6(C(=O)O)CC[C@]45C)C3(C)C)[C@@H]2O[C@@H]2OC[C@@H](O)[C@H](O)[C@H]2O)[C@H](O)[C@H](O)[C@H]1O. The molecule has 0 aromatic rings. The number of allylic oxidation sites excluding steroid dienone is 2. The van der Waals surface area contributed by atoms with Crippen molar-refractivity contribution < 1.29 is 84.0 Å². The van der Waals surface area contributed by atoms with Crippen molar-refractivity contribution in [2.24, 2.45) is 50.2 Å². The van der Waals surface area contributed by atoms with Crippen LogP contribution in [0.3, 0.4) is 0 Å². The minimum atomic E-state index is -2.00. The Kier molecular flexibility index (Phi) is 12.7. The van der Waals surface area contributed by atoms with Crippen LogP contribution in [0.4, 0.5) is 0 Å². The van der Waals surface area contributed by atoms with Crippen molar-refractivity contribution in [3.8, 4) is 0 Å². The molecule has 364 valence electrons. The highest BCUT2D eigenvalue weighted by atomic mass is 16.8. The van der Waals surface area contributed by atoms with Crippen LogP contribution in [0.25, 0.3) is 0 Å². The lowest BCUT2D eigenvalue weighted by Crippen LogP contribution is -2.68. The molecule has 64 heavy (non-hydrogen) atoms. The normalized spacial score (nSPS) is 53.4. The van der Waals surface area contributed by atoms with Gasteiger partial charge in [-0.25, -0.2) is 4.79 Å². The van der Waals surface area contributed by atoms with Gasteiger partial charge in [-0.05, 0) is 116 Å². The number of ether oxygens (including phenoxy) is 6. The summed E-state index contributed by atoms with van der Waals surface area (Å²) in [6.45, 7) is 17.1. The van der Waals surface area contributed by atoms with E-state index in [4.69, 9.17) is 28.4 Å². The van der Waals surface area contributed by atoms with E-state index in [1.54, 1.807) is 0 Å². The summed E-state index contributed by atoms with van der Waals surface area (Å²) in [7, 11) is 0. The molecule has 17 nitrogen and oxygen atoms in total. The first-order chi connectivity index (χ1) is 29.7. The standard InChI is InChI=1S/C47H74O17/c1-21-28(49)30(51)32(53)39(60-21)62-34-33(54)35(37(55)56)63-40(36(34)64-38-31(52)29(50)24(48)20-59-38)61-27-12-13-44(6)25(43(27,4)5)11-14-46(8)26(44)10-9-22-23-19-42(2,3)15-17-47(23,41(57)58)18-16-45(22,46)7/h9,21,23-36,38-40,48-54H,10-20H2,1-8H3,(H,55,56)(H,57,58)/t21-,23+,24+,25+,26+,27-,28-,29-,30+,31+,32+,33-,34-,35-,36+,38-,39-,40+,44-,45+,46+,47-/m0/s1. The van der Waals surface area contributed by atoms with E-state index in [2.05, 4.69) is 54.5 Å². The van der Waals surface area contributed by atoms with Crippen molar-refractivity contribution >= 4 is 11.9 Å². The molecule has 5 aliphatic carbocycles. The number of fused-ring (bicyclic) bond motifs is 7. The molecule has 0 aromatic carbocycles. The van der Waals surface area contributed by atoms with E-state index in [0.29, 0.717) is 19.3 Å². The minimum Gasteiger partial charge on any atom is -0.481 e. The first-order valence-corrected chi connectivity index (χ1v) is 23.6. The molecule has 0 aromatic heterocycles. The fraction of sp³-hybridized carbons (Fsp3) is 0.915. The van der Waals surface area contributed by atoms with E-state index in [-0.39, 0.29) is 39.4 Å². The van der Waals surface area contributed by atoms with Gasteiger partial charge >= 0.3 is 11.9 Å². The van der Waals surface area contributed by atoms with Crippen LogP contribution in [0.5, 0.6) is 0 Å². The predicted octanol–water partition coefficient (Wildman–Crippen LogP) is 2.47. The van der Waals surface area contributed by atoms with E-state index in [9.17, 15) is 55.5 Å². The van der Waals surface area contributed by atoms with Crippen LogP contribution in [0.15, 0.2) is 11.6 Å². The first-order valence-electron chi connectivity index (χ1n) is 23.6. The third-order valence-corrected chi connectivity index (χ3v) is 18.9. The van der Waals surface area contributed by atoms with Gasteiger partial charge in [0.15, 0.2) is 25.0 Å². The van der Waals surface area contributed by atoms with Crippen LogP contribution in [-0.4, -0.2) is 157 Å². The number of rotatable bonds is 8. The van der Waals surface area contributed by atoms with E-state index in [1.165, 1.54) is 12.5 Å². The molecule has 4 saturated carbocycles. The number of carboxylic acids is 2. The van der Waals surface area contributed by atoms with Crippen molar-refractivity contribution in [1.82, 2.24) is 0 Å². The fourth-order valence-corrected chi connectivity index (χ4v) is 14.8. The van der Waals surface area contributed by atoms with Gasteiger partial charge in [0.2, 0.25) is 0 Å². The average Bonchev–Trinajstić information content (AvgIpc) is 3.21. The van der Waals surface area contributed by atoms with Gasteiger partial charge in [0.1, 0.15) is 54.9 Å². The molecule has 17 heteroatoms. The van der Waals surface area contributed by atoms with Crippen LogP contribution in [0, 0.1) is 50.2 Å². The van der Waals surface area contributed by atoms with Crippen LogP contribution in [0.1, 0.15) is 120 Å². The van der Waals surface area contributed by atoms with Gasteiger partial charge in [0, 0.05) is 0 Å². The maximum absolute atomic E-state index is 13.2. The van der Waals surface area contributed by atoms with E-state index in [0.717, 1.165) is 44.9 Å². The van der Waals surface area contributed by atoms with Crippen LogP contribution in [0.2, 0.25) is 0 Å². The maximum atomic E-state index is 13.2. The molecule has 3 saturated heterocycles. The summed E-state index contributed by atoms with van der Waals surface area (Å²) in [5, 5.41) is 96.4. The molecule has 8 aliphatic rings. The molecule has 0 bridgehead atoms. The lowest BCUT2D eigenvalue weighted by atomic mass is 9.33. The largest absolute Gasteiger partial charge is 0.481 e. The van der Waals surface area contributed by atoms with E-state index in [1.807, 2.05) is 0 Å². The molecule has 7 fully saturated rings. The van der Waals surface area contributed by atoms with Gasteiger partial charge in [0.05, 0.1) is 24.2 Å². The van der Waals surface area contributed by atoms with Crippen molar-refractivity contribution in [3.05, 3.63) is 11.6 Å². The highest BCUT2D eigenvalue weighted by molar-refractivity contribution is 5.76. The number of aliphatic carboxylic acids is 2. The van der Waals surface area contributed by atoms with Gasteiger partial charge in [0.25, 0.3) is 0 Å². The van der Waals surface area contributed by atoms with Gasteiger partial charge in [-0.2, -0.15) is 0 Å². The quantitative estimate of drug-likeness (QED) is 0.125. The lowest BCUT2D eigenvalue weighted by molar-refractivity contribution is -0.390. The lowest BCUT2D eigenvalue weighted by Gasteiger charge is -2.71. The summed E-state index contributed by atoms with van der Waals surface area (Å²) < 4.78 is 36.5. The Morgan fingerprint density at radius 2 is 1.33 bits per heavy atom. The second kappa shape index (κ2) is 16.7. The maximum Gasteiger partial charge on any atom is 0.335 e. The van der Waals surface area contributed by atoms with Crippen molar-refractivity contribution in [2.45, 2.75) is 212 Å². The fourth-order valence-electron chi connectivity index (χ4n) is 14.8. The molecule has 3 heterocycles. The summed E-state index contributed by atoms with van der Waals surface area (Å²) in [6.07, 6.45) is -13.6. The zero-order chi connectivity index (χ0) is 46.9. The third kappa shape index (κ3) is 7.45. The predicted molar refractivity (Wildman–Crippen MR) is 224 cm³/mol. The van der Waals surface area contributed by atoms with Crippen molar-refractivity contribution in [1.29, 1.82) is 0 Å². The van der Waals surface area contributed by atoms with Gasteiger partial charge in [-0.1, -0.05) is 60.1 Å². The van der Waals surface area contributed by atoms with Crippen molar-refractivity contribution in [2.75, 3.05) is 6.61 Å². The van der Waals surface area contributed by atoms with Gasteiger partial charge in [-0.15, -0.1) is 0 Å². The number of carboxylic acid groups (broad SMARTS) is 2. The second-order valence-corrected chi connectivity index (χ2v) is 23.0. The smallest absolute Gasteiger partial charge is 0.335 e. The number of carbonyl (C=O) groups is 2. The molecule has 8 rings (SSSR count). The number of aliphatic hydroxyl groups excluding tert-OH is 7. The Balaban J connectivity index is 1.09. The summed E-state index contributed by atoms with van der Waals surface area (Å²) in [5.74, 6) is -1.85. The Labute approximate surface area is 375 Å². The van der Waals surface area contributed by atoms with E-state index >= 15 is 0 Å². The number of aliphatic hydroxyl groups is 7. The molecular weight excluding hydrogens is 837 g/mol. The minimum absolute atomic E-state index is 0.00977. The van der Waals surface area contributed by atoms with Gasteiger partial charge < -0.3 is 74.4 Å². The highest BCUT2D eigenvalue weighted by Gasteiger charge is 2.70. The summed E-state index contributed by atoms with van der Waals surface area (Å²) in [4.78, 5) is 25.9. The summed E-state index contributed by atoms with van der Waals surface area (Å²) in [5.41, 5.74) is -0.358. The highest BCUT2D eigenvalue weighted by Crippen LogP contribution is 2.76. The Morgan fingerprint density at radius 3 is 2.00 bits per heavy atom. The second-order valence-electron chi connectivity index (χ2n) is 23.0. The molecule has 0 radical (unpaired) electrons. The van der Waals surface area contributed by atoms with Crippen LogP contribution >= 0.6 is 0 Å². The van der Waals surface area contributed by atoms with Gasteiger partial charge in [-0.3, -0.25) is 4.79 Å². The molecule has 3 aliphatic heterocycles. The zero-order valence-corrected chi connectivity index (χ0v) is 38.5. The summed E-state index contributed by atoms with van der Waals surface area (Å²) in [6, 6.07) is 0. The van der Waals surface area contributed by atoms with E-state index < -0.39 is 121 Å². The topological polar surface area (TPSA) is 272 Å². The molecule has 0 unspecified atom stereocenters. The first kappa shape index (κ1) is 48.6. The van der Waals surface area contributed by atoms with Crippen molar-refractivity contribution in [3.63, 3.8) is 0 Å². The monoisotopic (exact) mass is 910 g/mol. The Hall–Kier alpha value is -1.84. The molecular formula is C47H74O17. The van der Waals surface area contributed by atoms with Crippen LogP contribution in [-0.2, 0) is 38.0 Å². The molecule has 0 amide bonds. The Morgan fingerprint density at radius 1 is 0.672 bits per heavy atom. The van der Waals surface area contributed by atoms with Crippen LogP contribution < -0.4 is 0 Å². The average molecular weight is 911 g/mol. The molecule has 22 atom stereocenters. The third-order valence-electron chi connectivity index (χ3n) is 18.9. The number of hydrogen-bond acceptors (Lipinski definition) is 15.